The van der Waals surface area contributed by atoms with Crippen LogP contribution in [0.25, 0.3) is 0 Å². The molecule has 0 radical (unpaired) electrons. The number of anilines is 4. The van der Waals surface area contributed by atoms with Gasteiger partial charge in [0.1, 0.15) is 5.82 Å². The molecule has 0 saturated carbocycles. The number of sulfonamides is 1. The van der Waals surface area contributed by atoms with Crippen LogP contribution in [-0.2, 0) is 10.0 Å². The van der Waals surface area contributed by atoms with Crippen LogP contribution in [0.15, 0.2) is 42.6 Å². The average molecular weight is 373 g/mol. The number of nitrogens with one attached hydrogen (secondary N) is 1. The zero-order chi connectivity index (χ0) is 18.1. The maximum absolute atomic E-state index is 11.6. The number of rotatable bonds is 3. The molecule has 1 fully saturated rings. The average Bonchev–Trinajstić information content (AvgIpc) is 2.67. The number of hydrogen-bond acceptors (Lipinski definition) is 6. The molecule has 3 heterocycles. The van der Waals surface area contributed by atoms with E-state index >= 15 is 0 Å². The number of fused-ring (bicyclic) bond motifs is 1. The molecule has 4 rings (SSSR count). The molecule has 7 nitrogen and oxygen atoms in total. The van der Waals surface area contributed by atoms with Crippen LogP contribution in [-0.4, -0.2) is 63.2 Å². The Morgan fingerprint density at radius 3 is 2.46 bits per heavy atom. The maximum atomic E-state index is 11.6. The Labute approximate surface area is 154 Å². The Morgan fingerprint density at radius 2 is 1.77 bits per heavy atom. The second kappa shape index (κ2) is 6.77. The van der Waals surface area contributed by atoms with E-state index in [1.807, 2.05) is 24.4 Å². The summed E-state index contributed by atoms with van der Waals surface area (Å²) in [5.41, 5.74) is 3.30. The van der Waals surface area contributed by atoms with Gasteiger partial charge in [0.2, 0.25) is 10.0 Å². The van der Waals surface area contributed by atoms with Crippen molar-refractivity contribution in [2.75, 3.05) is 60.6 Å². The molecule has 1 aromatic carbocycles. The molecular weight excluding hydrogens is 350 g/mol. The minimum Gasteiger partial charge on any atom is -0.382 e. The highest BCUT2D eigenvalue weighted by atomic mass is 32.2. The van der Waals surface area contributed by atoms with Gasteiger partial charge in [-0.3, -0.25) is 0 Å². The number of aromatic nitrogens is 1. The summed E-state index contributed by atoms with van der Waals surface area (Å²) in [6.45, 7) is 4.16. The first-order chi connectivity index (χ1) is 12.5. The van der Waals surface area contributed by atoms with E-state index in [1.54, 1.807) is 0 Å². The Bertz CT molecular complexity index is 877. The van der Waals surface area contributed by atoms with Gasteiger partial charge in [-0.25, -0.2) is 13.4 Å². The topological polar surface area (TPSA) is 68.8 Å². The van der Waals surface area contributed by atoms with E-state index in [9.17, 15) is 8.42 Å². The summed E-state index contributed by atoms with van der Waals surface area (Å²) >= 11 is 0. The van der Waals surface area contributed by atoms with E-state index in [1.165, 1.54) is 10.6 Å². The SMILES string of the molecule is CS(=O)(=O)N1CCN(c2ccc(N3CCNc4ccccc43)nc2)CC1. The van der Waals surface area contributed by atoms with Crippen LogP contribution in [0.1, 0.15) is 0 Å². The van der Waals surface area contributed by atoms with Gasteiger partial charge in [-0.2, -0.15) is 4.31 Å². The number of nitrogens with zero attached hydrogens (tertiary/aromatic N) is 4. The molecule has 26 heavy (non-hydrogen) atoms. The zero-order valence-corrected chi connectivity index (χ0v) is 15.6. The van der Waals surface area contributed by atoms with Crippen molar-refractivity contribution < 1.29 is 8.42 Å². The highest BCUT2D eigenvalue weighted by molar-refractivity contribution is 7.88. The molecular formula is C18H23N5O2S. The summed E-state index contributed by atoms with van der Waals surface area (Å²) in [5, 5.41) is 3.41. The minimum atomic E-state index is -3.10. The lowest BCUT2D eigenvalue weighted by molar-refractivity contribution is 0.388. The van der Waals surface area contributed by atoms with E-state index in [2.05, 4.69) is 38.3 Å². The van der Waals surface area contributed by atoms with Crippen LogP contribution in [0.2, 0.25) is 0 Å². The highest BCUT2D eigenvalue weighted by Crippen LogP contribution is 2.33. The first-order valence-electron chi connectivity index (χ1n) is 8.79. The van der Waals surface area contributed by atoms with E-state index in [4.69, 9.17) is 0 Å². The Kier molecular flexibility index (Phi) is 4.46. The number of piperazine rings is 1. The molecule has 0 atom stereocenters. The second-order valence-electron chi connectivity index (χ2n) is 6.62. The van der Waals surface area contributed by atoms with Crippen molar-refractivity contribution in [3.8, 4) is 0 Å². The molecule has 0 aliphatic carbocycles. The van der Waals surface area contributed by atoms with Crippen LogP contribution in [0.4, 0.5) is 22.9 Å². The summed E-state index contributed by atoms with van der Waals surface area (Å²) in [6.07, 6.45) is 3.15. The minimum absolute atomic E-state index is 0.520. The van der Waals surface area contributed by atoms with Crippen LogP contribution in [0.3, 0.4) is 0 Å². The largest absolute Gasteiger partial charge is 0.382 e. The van der Waals surface area contributed by atoms with E-state index in [0.29, 0.717) is 26.2 Å². The normalized spacial score (nSPS) is 18.3. The van der Waals surface area contributed by atoms with E-state index < -0.39 is 10.0 Å². The van der Waals surface area contributed by atoms with Crippen LogP contribution >= 0.6 is 0 Å². The molecule has 8 heteroatoms. The van der Waals surface area contributed by atoms with Crippen molar-refractivity contribution in [3.05, 3.63) is 42.6 Å². The molecule has 1 N–H and O–H groups in total. The lowest BCUT2D eigenvalue weighted by Gasteiger charge is -2.35. The van der Waals surface area contributed by atoms with Gasteiger partial charge in [-0.15, -0.1) is 0 Å². The summed E-state index contributed by atoms with van der Waals surface area (Å²) < 4.78 is 24.8. The maximum Gasteiger partial charge on any atom is 0.211 e. The monoisotopic (exact) mass is 373 g/mol. The van der Waals surface area contributed by atoms with E-state index in [-0.39, 0.29) is 0 Å². The van der Waals surface area contributed by atoms with Gasteiger partial charge in [0, 0.05) is 39.3 Å². The van der Waals surface area contributed by atoms with Gasteiger partial charge in [0.05, 0.1) is 29.5 Å². The van der Waals surface area contributed by atoms with Crippen LogP contribution in [0.5, 0.6) is 0 Å². The third-order valence-electron chi connectivity index (χ3n) is 4.93. The molecule has 2 aromatic rings. The van der Waals surface area contributed by atoms with Crippen molar-refractivity contribution in [3.63, 3.8) is 0 Å². The van der Waals surface area contributed by atoms with Crippen molar-refractivity contribution in [1.29, 1.82) is 0 Å². The van der Waals surface area contributed by atoms with Crippen molar-refractivity contribution in [1.82, 2.24) is 9.29 Å². The number of pyridine rings is 1. The number of hydrogen-bond donors (Lipinski definition) is 1. The fourth-order valence-corrected chi connectivity index (χ4v) is 4.35. The molecule has 1 saturated heterocycles. The Balaban J connectivity index is 1.49. The molecule has 0 bridgehead atoms. The molecule has 138 valence electrons. The number of para-hydroxylation sites is 2. The molecule has 0 unspecified atom stereocenters. The van der Waals surface area contributed by atoms with Gasteiger partial charge in [-0.05, 0) is 24.3 Å². The lowest BCUT2D eigenvalue weighted by Crippen LogP contribution is -2.48. The Hall–Kier alpha value is -2.32. The summed E-state index contributed by atoms with van der Waals surface area (Å²) in [5.74, 6) is 0.928. The summed E-state index contributed by atoms with van der Waals surface area (Å²) in [4.78, 5) is 9.07. The standard InChI is InChI=1S/C18H23N5O2S/c1-26(24,25)22-12-10-21(11-13-22)15-6-7-18(20-14-15)23-9-8-19-16-4-2-3-5-17(16)23/h2-7,14,19H,8-13H2,1H3. The third kappa shape index (κ3) is 3.34. The van der Waals surface area contributed by atoms with Crippen LogP contribution < -0.4 is 15.1 Å². The fraction of sp³-hybridized carbons (Fsp3) is 0.389. The van der Waals surface area contributed by atoms with Gasteiger partial charge in [0.25, 0.3) is 0 Å². The molecule has 1 aromatic heterocycles. The van der Waals surface area contributed by atoms with Crippen molar-refractivity contribution >= 4 is 32.9 Å². The lowest BCUT2D eigenvalue weighted by atomic mass is 10.2. The third-order valence-corrected chi connectivity index (χ3v) is 6.23. The van der Waals surface area contributed by atoms with Gasteiger partial charge in [0.15, 0.2) is 0 Å². The quantitative estimate of drug-likeness (QED) is 0.884. The van der Waals surface area contributed by atoms with Gasteiger partial charge in [-0.1, -0.05) is 12.1 Å². The van der Waals surface area contributed by atoms with Gasteiger partial charge < -0.3 is 15.1 Å². The summed E-state index contributed by atoms with van der Waals surface area (Å²) in [6, 6.07) is 12.4. The van der Waals surface area contributed by atoms with Crippen LogP contribution in [0, 0.1) is 0 Å². The highest BCUT2D eigenvalue weighted by Gasteiger charge is 2.24. The van der Waals surface area contributed by atoms with E-state index in [0.717, 1.165) is 36.0 Å². The zero-order valence-electron chi connectivity index (χ0n) is 14.8. The van der Waals surface area contributed by atoms with Gasteiger partial charge >= 0.3 is 0 Å². The number of benzene rings is 1. The Morgan fingerprint density at radius 1 is 1.00 bits per heavy atom. The fourth-order valence-electron chi connectivity index (χ4n) is 3.52. The predicted octanol–water partition coefficient (Wildman–Crippen LogP) is 1.73. The first kappa shape index (κ1) is 17.1. The smallest absolute Gasteiger partial charge is 0.211 e. The first-order valence-corrected chi connectivity index (χ1v) is 10.6. The van der Waals surface area contributed by atoms with Crippen molar-refractivity contribution in [2.45, 2.75) is 0 Å². The summed E-state index contributed by atoms with van der Waals surface area (Å²) in [7, 11) is -3.10. The second-order valence-corrected chi connectivity index (χ2v) is 8.60. The predicted molar refractivity (Wildman–Crippen MR) is 105 cm³/mol. The molecule has 2 aliphatic rings. The molecule has 0 amide bonds. The van der Waals surface area contributed by atoms with Crippen molar-refractivity contribution in [2.24, 2.45) is 0 Å². The molecule has 0 spiro atoms. The molecule has 2 aliphatic heterocycles.